The van der Waals surface area contributed by atoms with Gasteiger partial charge in [0.05, 0.1) is 0 Å². The van der Waals surface area contributed by atoms with E-state index in [1.165, 1.54) is 0 Å². The van der Waals surface area contributed by atoms with Crippen molar-refractivity contribution >= 4 is 38.4 Å². The van der Waals surface area contributed by atoms with Crippen LogP contribution < -0.4 is 0 Å². The molecule has 0 N–H and O–H groups in total. The molecule has 2 aliphatic carbocycles. The molecule has 10 radical (unpaired) electrons. The van der Waals surface area contributed by atoms with E-state index in [9.17, 15) is 0 Å². The van der Waals surface area contributed by atoms with Crippen LogP contribution in [-0.4, -0.2) is 0 Å². The van der Waals surface area contributed by atoms with Gasteiger partial charge in [-0.05, 0) is 64.2 Å². The normalized spacial score (nSPS) is 19.5. The molecule has 0 aromatic carbocycles. The molecule has 0 nitrogen and oxygen atoms in total. The van der Waals surface area contributed by atoms with E-state index in [4.69, 9.17) is 0 Å². The van der Waals surface area contributed by atoms with Crippen LogP contribution >= 0.6 is 38.4 Å². The summed E-state index contributed by atoms with van der Waals surface area (Å²) in [7, 11) is 0. The van der Waals surface area contributed by atoms with E-state index in [-0.39, 0.29) is 0 Å². The van der Waals surface area contributed by atoms with Crippen LogP contribution in [0.25, 0.3) is 0 Å². The van der Waals surface area contributed by atoms with Gasteiger partial charge in [0.1, 0.15) is 0 Å². The van der Waals surface area contributed by atoms with Gasteiger partial charge in [0.25, 0.3) is 0 Å². The van der Waals surface area contributed by atoms with E-state index in [1.54, 1.807) is 0 Å². The second-order valence-electron chi connectivity index (χ2n) is 2.00. The van der Waals surface area contributed by atoms with Crippen molar-refractivity contribution in [1.82, 2.24) is 0 Å². The standard InChI is InChI=1S/2C5H5.2HI.Ti/c2*1-2-4-5-3-1;;;/h2*1-5H;2*1H;/q;;;;+2/p-2. The minimum atomic E-state index is 0.440. The van der Waals surface area contributed by atoms with E-state index in [1.807, 2.05) is 64.2 Å². The van der Waals surface area contributed by atoms with Gasteiger partial charge in [-0.25, -0.2) is 0 Å². The zero-order chi connectivity index (χ0) is 9.78. The molecule has 0 unspecified atom stereocenters. The first-order chi connectivity index (χ1) is 6.41. The molecule has 13 heavy (non-hydrogen) atoms. The fraction of sp³-hybridized carbons (Fsp3) is 0. The summed E-state index contributed by atoms with van der Waals surface area (Å²) >= 11 is 5.24. The third kappa shape index (κ3) is 14.2. The van der Waals surface area contributed by atoms with Gasteiger partial charge < -0.3 is 0 Å². The van der Waals surface area contributed by atoms with Crippen molar-refractivity contribution in [3.8, 4) is 0 Å². The quantitative estimate of drug-likeness (QED) is 0.404. The van der Waals surface area contributed by atoms with E-state index < -0.39 is 0 Å². The van der Waals surface area contributed by atoms with Crippen LogP contribution in [0.2, 0.25) is 0 Å². The summed E-state index contributed by atoms with van der Waals surface area (Å²) in [6.45, 7) is 0. The fourth-order valence-corrected chi connectivity index (χ4v) is 0.642. The summed E-state index contributed by atoms with van der Waals surface area (Å²) in [6, 6.07) is 0. The van der Waals surface area contributed by atoms with Crippen LogP contribution in [0.3, 0.4) is 0 Å². The summed E-state index contributed by atoms with van der Waals surface area (Å²) in [6.07, 6.45) is 20.0. The summed E-state index contributed by atoms with van der Waals surface area (Å²) in [5.41, 5.74) is 0. The van der Waals surface area contributed by atoms with E-state index in [2.05, 4.69) is 38.4 Å². The molecule has 0 aromatic rings. The second-order valence-corrected chi connectivity index (χ2v) is 15.2. The molecule has 0 spiro atoms. The third-order valence-electron chi connectivity index (χ3n) is 1.11. The van der Waals surface area contributed by atoms with Crippen LogP contribution in [0, 0.1) is 64.2 Å². The van der Waals surface area contributed by atoms with Crippen molar-refractivity contribution in [3.63, 3.8) is 0 Å². The molecule has 2 saturated carbocycles. The zero-order valence-electron chi connectivity index (χ0n) is 7.03. The van der Waals surface area contributed by atoms with E-state index in [0.717, 1.165) is 0 Å². The second kappa shape index (κ2) is 14.2. The van der Waals surface area contributed by atoms with Gasteiger partial charge in [-0.3, -0.25) is 0 Å². The van der Waals surface area contributed by atoms with Gasteiger partial charge in [-0.15, -0.1) is 0 Å². The van der Waals surface area contributed by atoms with Crippen molar-refractivity contribution < 1.29 is 11.7 Å². The molecule has 3 heteroatoms. The molecule has 0 saturated heterocycles. The Hall–Kier alpha value is 2.17. The van der Waals surface area contributed by atoms with Crippen LogP contribution in [0.1, 0.15) is 0 Å². The van der Waals surface area contributed by atoms with Gasteiger partial charge in [0.2, 0.25) is 0 Å². The van der Waals surface area contributed by atoms with Gasteiger partial charge in [0, 0.05) is 0 Å². The maximum atomic E-state index is 2.40. The van der Waals surface area contributed by atoms with Crippen molar-refractivity contribution in [1.29, 1.82) is 0 Å². The summed E-state index contributed by atoms with van der Waals surface area (Å²) < 4.78 is 0. The molecule has 68 valence electrons. The van der Waals surface area contributed by atoms with Crippen molar-refractivity contribution in [2.75, 3.05) is 0 Å². The number of hydrogen-bond donors (Lipinski definition) is 0. The number of rotatable bonds is 0. The summed E-state index contributed by atoms with van der Waals surface area (Å²) in [5.74, 6) is 0. The Morgan fingerprint density at radius 3 is 0.615 bits per heavy atom. The summed E-state index contributed by atoms with van der Waals surface area (Å²) in [5, 5.41) is 0. The van der Waals surface area contributed by atoms with Gasteiger partial charge in [-0.2, -0.15) is 0 Å². The fourth-order valence-electron chi connectivity index (χ4n) is 0.642. The van der Waals surface area contributed by atoms with Crippen LogP contribution in [0.4, 0.5) is 0 Å². The Bertz CT molecular complexity index is 55.8. The number of halogens is 2. The Morgan fingerprint density at radius 2 is 0.538 bits per heavy atom. The Balaban J connectivity index is 0.000000174. The Morgan fingerprint density at radius 1 is 0.462 bits per heavy atom. The molecular formula is C10H10I2Ti. The SMILES string of the molecule is [CH]1[CH][CH][CH][CH]1.[CH]1[CH][CH][CH][CH]1.[I][Ti][I]. The van der Waals surface area contributed by atoms with Gasteiger partial charge in [0.15, 0.2) is 0 Å². The summed E-state index contributed by atoms with van der Waals surface area (Å²) in [4.78, 5) is 0. The average molecular weight is 432 g/mol. The Kier molecular flexibility index (Phi) is 16.5. The van der Waals surface area contributed by atoms with E-state index in [0.29, 0.717) is 11.7 Å². The van der Waals surface area contributed by atoms with Crippen LogP contribution in [0.15, 0.2) is 0 Å². The molecule has 0 aliphatic heterocycles. The molecule has 0 amide bonds. The number of hydrogen-bond acceptors (Lipinski definition) is 0. The molecule has 2 rings (SSSR count). The predicted octanol–water partition coefficient (Wildman–Crippen LogP) is 3.81. The third-order valence-corrected chi connectivity index (χ3v) is 1.11. The first kappa shape index (κ1) is 15.2. The van der Waals surface area contributed by atoms with Crippen LogP contribution in [0.5, 0.6) is 0 Å². The molecule has 0 bridgehead atoms. The van der Waals surface area contributed by atoms with Crippen molar-refractivity contribution in [2.45, 2.75) is 0 Å². The van der Waals surface area contributed by atoms with Crippen molar-refractivity contribution in [2.24, 2.45) is 0 Å². The Labute approximate surface area is 113 Å². The average Bonchev–Trinajstić information content (AvgIpc) is 2.85. The minimum absolute atomic E-state index is 0.440. The molecule has 0 atom stereocenters. The first-order valence-corrected chi connectivity index (χ1v) is 13.8. The van der Waals surface area contributed by atoms with E-state index >= 15 is 0 Å². The molecule has 0 aromatic heterocycles. The van der Waals surface area contributed by atoms with Crippen molar-refractivity contribution in [3.05, 3.63) is 64.2 Å². The topological polar surface area (TPSA) is 0 Å². The van der Waals surface area contributed by atoms with Gasteiger partial charge >= 0.3 is 50.0 Å². The van der Waals surface area contributed by atoms with Crippen LogP contribution in [-0.2, 0) is 11.7 Å². The molecule has 2 aliphatic rings. The zero-order valence-corrected chi connectivity index (χ0v) is 12.9. The molecule has 0 heterocycles. The monoisotopic (exact) mass is 432 g/mol. The molecular weight excluding hydrogens is 422 g/mol. The molecule has 2 fully saturated rings. The van der Waals surface area contributed by atoms with Gasteiger partial charge in [-0.1, -0.05) is 0 Å². The first-order valence-electron chi connectivity index (χ1n) is 3.71. The predicted molar refractivity (Wildman–Crippen MR) is 71.0 cm³/mol. The maximum absolute atomic E-state index is 2.40.